The molecule has 204 valence electrons. The molecule has 37 heavy (non-hydrogen) atoms. The van der Waals surface area contributed by atoms with Crippen molar-refractivity contribution >= 4 is 17.9 Å². The van der Waals surface area contributed by atoms with E-state index < -0.39 is 29.8 Å². The highest BCUT2D eigenvalue weighted by Gasteiger charge is 2.39. The van der Waals surface area contributed by atoms with Gasteiger partial charge in [-0.1, -0.05) is 12.1 Å². The summed E-state index contributed by atoms with van der Waals surface area (Å²) in [5.74, 6) is -0.752. The zero-order chi connectivity index (χ0) is 27.2. The van der Waals surface area contributed by atoms with Crippen LogP contribution in [0.4, 0.5) is 18.0 Å². The number of rotatable bonds is 8. The number of halogens is 3. The van der Waals surface area contributed by atoms with E-state index >= 15 is 0 Å². The van der Waals surface area contributed by atoms with Gasteiger partial charge < -0.3 is 19.7 Å². The number of methoxy groups -OCH3 is 1. The van der Waals surface area contributed by atoms with Crippen molar-refractivity contribution in [1.82, 2.24) is 20.0 Å². The summed E-state index contributed by atoms with van der Waals surface area (Å²) in [7, 11) is 1.46. The number of benzene rings is 1. The largest absolute Gasteiger partial charge is 0.463 e. The fourth-order valence-corrected chi connectivity index (χ4v) is 4.58. The molecular weight excluding hydrogens is 493 g/mol. The van der Waals surface area contributed by atoms with Gasteiger partial charge in [0.1, 0.15) is 6.61 Å². The van der Waals surface area contributed by atoms with Crippen LogP contribution in [0.5, 0.6) is 0 Å². The fraction of sp³-hybridized carbons (Fsp3) is 0.560. The second-order valence-corrected chi connectivity index (χ2v) is 8.77. The Morgan fingerprint density at radius 2 is 1.78 bits per heavy atom. The SMILES string of the molecule is CCOC(=O)C1=C(CN2CCCN(C(=O)COC)CC2)N(CC)C(=O)NC1c1ccc(C(F)(F)F)cc1. The number of nitrogens with one attached hydrogen (secondary N) is 1. The maximum atomic E-state index is 13.2. The zero-order valence-electron chi connectivity index (χ0n) is 21.3. The summed E-state index contributed by atoms with van der Waals surface area (Å²) in [6, 6.07) is 2.95. The number of likely N-dealkylation sites (N-methyl/N-ethyl adjacent to an activating group) is 1. The highest BCUT2D eigenvalue weighted by Crippen LogP contribution is 2.35. The fourth-order valence-electron chi connectivity index (χ4n) is 4.58. The number of amides is 3. The summed E-state index contributed by atoms with van der Waals surface area (Å²) in [5.41, 5.74) is 0.128. The number of hydrogen-bond donors (Lipinski definition) is 1. The van der Waals surface area contributed by atoms with Crippen molar-refractivity contribution in [3.05, 3.63) is 46.7 Å². The Hall–Kier alpha value is -3.12. The molecule has 0 bridgehead atoms. The van der Waals surface area contributed by atoms with Gasteiger partial charge in [0.15, 0.2) is 0 Å². The predicted molar refractivity (Wildman–Crippen MR) is 128 cm³/mol. The number of nitrogens with zero attached hydrogens (tertiary/aromatic N) is 3. The molecule has 2 aliphatic heterocycles. The first-order valence-electron chi connectivity index (χ1n) is 12.2. The molecular formula is C25H33F3N4O5. The molecule has 1 aromatic rings. The van der Waals surface area contributed by atoms with Crippen LogP contribution in [0.1, 0.15) is 37.4 Å². The van der Waals surface area contributed by atoms with Crippen LogP contribution in [0.15, 0.2) is 35.5 Å². The van der Waals surface area contributed by atoms with Gasteiger partial charge in [0, 0.05) is 52.1 Å². The average Bonchev–Trinajstić information content (AvgIpc) is 3.09. The molecule has 0 aromatic heterocycles. The highest BCUT2D eigenvalue weighted by molar-refractivity contribution is 5.95. The van der Waals surface area contributed by atoms with Crippen molar-refractivity contribution in [2.45, 2.75) is 32.5 Å². The Bertz CT molecular complexity index is 1010. The highest BCUT2D eigenvalue weighted by atomic mass is 19.4. The Morgan fingerprint density at radius 3 is 2.38 bits per heavy atom. The van der Waals surface area contributed by atoms with Crippen molar-refractivity contribution in [3.63, 3.8) is 0 Å². The third-order valence-corrected chi connectivity index (χ3v) is 6.40. The summed E-state index contributed by atoms with van der Waals surface area (Å²) < 4.78 is 49.6. The molecule has 2 heterocycles. The molecule has 3 rings (SSSR count). The number of urea groups is 1. The van der Waals surface area contributed by atoms with Crippen LogP contribution in [-0.4, -0.2) is 92.2 Å². The third kappa shape index (κ3) is 6.80. The normalized spacial score (nSPS) is 19.5. The standard InChI is InChI=1S/C25H33F3N4O5/c1-4-32-19(15-30-11-6-12-31(14-13-30)20(33)16-36-3)21(23(34)37-5-2)22(29-24(32)35)17-7-9-18(10-8-17)25(26,27)28/h7-10,22H,4-6,11-16H2,1-3H3,(H,29,35). The van der Waals surface area contributed by atoms with Crippen molar-refractivity contribution < 1.29 is 37.0 Å². The second kappa shape index (κ2) is 12.4. The first-order valence-corrected chi connectivity index (χ1v) is 12.2. The summed E-state index contributed by atoms with van der Waals surface area (Å²) in [6.45, 7) is 6.19. The molecule has 1 N–H and O–H groups in total. The van der Waals surface area contributed by atoms with E-state index in [9.17, 15) is 27.6 Å². The molecule has 0 saturated carbocycles. The first-order chi connectivity index (χ1) is 17.6. The zero-order valence-corrected chi connectivity index (χ0v) is 21.3. The van der Waals surface area contributed by atoms with Gasteiger partial charge in [-0.05, 0) is 38.0 Å². The molecule has 0 spiro atoms. The lowest BCUT2D eigenvalue weighted by atomic mass is 9.93. The number of esters is 1. The van der Waals surface area contributed by atoms with Crippen LogP contribution in [0.2, 0.25) is 0 Å². The molecule has 1 aromatic carbocycles. The van der Waals surface area contributed by atoms with Crippen LogP contribution in [0.25, 0.3) is 0 Å². The molecule has 9 nitrogen and oxygen atoms in total. The van der Waals surface area contributed by atoms with Gasteiger partial charge in [0.05, 0.1) is 23.8 Å². The monoisotopic (exact) mass is 526 g/mol. The Balaban J connectivity index is 1.97. The van der Waals surface area contributed by atoms with Gasteiger partial charge in [-0.2, -0.15) is 13.2 Å². The molecule has 1 fully saturated rings. The number of hydrogen-bond acceptors (Lipinski definition) is 6. The van der Waals surface area contributed by atoms with Gasteiger partial charge in [0.25, 0.3) is 0 Å². The van der Waals surface area contributed by atoms with Crippen molar-refractivity contribution in [2.24, 2.45) is 0 Å². The van der Waals surface area contributed by atoms with E-state index in [0.717, 1.165) is 12.1 Å². The third-order valence-electron chi connectivity index (χ3n) is 6.40. The Morgan fingerprint density at radius 1 is 1.08 bits per heavy atom. The van der Waals surface area contributed by atoms with E-state index in [2.05, 4.69) is 10.2 Å². The lowest BCUT2D eigenvalue weighted by Gasteiger charge is -2.38. The van der Waals surface area contributed by atoms with Crippen LogP contribution in [0.3, 0.4) is 0 Å². The number of ether oxygens (including phenoxy) is 2. The molecule has 0 radical (unpaired) electrons. The minimum absolute atomic E-state index is 0.00322. The van der Waals surface area contributed by atoms with E-state index in [1.54, 1.807) is 18.7 Å². The van der Waals surface area contributed by atoms with Crippen LogP contribution in [-0.2, 0) is 25.2 Å². The molecule has 2 aliphatic rings. The van der Waals surface area contributed by atoms with Gasteiger partial charge in [0.2, 0.25) is 5.91 Å². The van der Waals surface area contributed by atoms with Crippen molar-refractivity contribution in [2.75, 3.05) is 59.6 Å². The van der Waals surface area contributed by atoms with Crippen molar-refractivity contribution in [3.8, 4) is 0 Å². The summed E-state index contributed by atoms with van der Waals surface area (Å²) in [5, 5.41) is 2.76. The minimum Gasteiger partial charge on any atom is -0.463 e. The average molecular weight is 527 g/mol. The summed E-state index contributed by atoms with van der Waals surface area (Å²) >= 11 is 0. The maximum absolute atomic E-state index is 13.2. The van der Waals surface area contributed by atoms with Gasteiger partial charge in [-0.25, -0.2) is 9.59 Å². The lowest BCUT2D eigenvalue weighted by molar-refractivity contribution is -0.139. The smallest absolute Gasteiger partial charge is 0.416 e. The quantitative estimate of drug-likeness (QED) is 0.524. The summed E-state index contributed by atoms with van der Waals surface area (Å²) in [6.07, 6.45) is -3.82. The van der Waals surface area contributed by atoms with E-state index in [-0.39, 0.29) is 37.8 Å². The Labute approximate surface area is 214 Å². The van der Waals surface area contributed by atoms with Gasteiger partial charge >= 0.3 is 18.2 Å². The lowest BCUT2D eigenvalue weighted by Crippen LogP contribution is -2.51. The van der Waals surface area contributed by atoms with E-state index in [1.807, 2.05) is 0 Å². The van der Waals surface area contributed by atoms with Gasteiger partial charge in [-0.3, -0.25) is 14.6 Å². The minimum atomic E-state index is -4.51. The second-order valence-electron chi connectivity index (χ2n) is 8.77. The Kier molecular flexibility index (Phi) is 9.55. The van der Waals surface area contributed by atoms with Gasteiger partial charge in [-0.15, -0.1) is 0 Å². The number of carbonyl (C=O) groups is 3. The maximum Gasteiger partial charge on any atom is 0.416 e. The topological polar surface area (TPSA) is 91.4 Å². The van der Waals surface area contributed by atoms with E-state index in [1.165, 1.54) is 24.1 Å². The van der Waals surface area contributed by atoms with E-state index in [0.29, 0.717) is 43.9 Å². The molecule has 3 amide bonds. The van der Waals surface area contributed by atoms with Crippen LogP contribution < -0.4 is 5.32 Å². The first kappa shape index (κ1) is 28.5. The number of alkyl halides is 3. The van der Waals surface area contributed by atoms with Crippen LogP contribution in [0, 0.1) is 0 Å². The van der Waals surface area contributed by atoms with Crippen molar-refractivity contribution in [1.29, 1.82) is 0 Å². The molecule has 0 aliphatic carbocycles. The number of carbonyl (C=O) groups excluding carboxylic acids is 3. The summed E-state index contributed by atoms with van der Waals surface area (Å²) in [4.78, 5) is 43.7. The molecule has 1 saturated heterocycles. The molecule has 12 heteroatoms. The molecule has 1 unspecified atom stereocenters. The van der Waals surface area contributed by atoms with E-state index in [4.69, 9.17) is 9.47 Å². The molecule has 1 atom stereocenters. The predicted octanol–water partition coefficient (Wildman–Crippen LogP) is 2.79. The van der Waals surface area contributed by atoms with Crippen LogP contribution >= 0.6 is 0 Å².